The molecule has 0 saturated heterocycles. The van der Waals surface area contributed by atoms with Crippen LogP contribution in [-0.2, 0) is 11.2 Å². The highest BCUT2D eigenvalue weighted by Crippen LogP contribution is 2.47. The van der Waals surface area contributed by atoms with Crippen LogP contribution in [0.2, 0.25) is 20.1 Å². The molecule has 0 unspecified atom stereocenters. The molecule has 2 aromatic carbocycles. The second-order valence-corrected chi connectivity index (χ2v) is 10.7. The third-order valence-electron chi connectivity index (χ3n) is 6.97. The first-order valence-electron chi connectivity index (χ1n) is 11.1. The maximum Gasteiger partial charge on any atom is 0.193 e. The summed E-state index contributed by atoms with van der Waals surface area (Å²) in [7, 11) is 0. The van der Waals surface area contributed by atoms with Gasteiger partial charge in [0.2, 0.25) is 0 Å². The molecule has 2 fully saturated rings. The number of hydrogen-bond acceptors (Lipinski definition) is 3. The number of ketones is 1. The fraction of sp³-hybridized carbons (Fsp3) is 0.480. The molecule has 0 bridgehead atoms. The summed E-state index contributed by atoms with van der Waals surface area (Å²) in [5.74, 6) is -0.356. The standard InChI is InChI=1S/C25H26Cl4O3/c26-17-9-7-15(19(21(17)28)24(31)11-3-1-4-12-24)23(30)16-8-10-18(27)22(29)20(16)25(32)13-5-2-6-14-25/h7-10,31-32H,1-6,11-14H2. The van der Waals surface area contributed by atoms with E-state index in [4.69, 9.17) is 46.4 Å². The van der Waals surface area contributed by atoms with Crippen LogP contribution in [0.1, 0.15) is 91.3 Å². The van der Waals surface area contributed by atoms with Crippen LogP contribution in [0.3, 0.4) is 0 Å². The average Bonchev–Trinajstić information content (AvgIpc) is 2.77. The Hall–Kier alpha value is -0.810. The monoisotopic (exact) mass is 514 g/mol. The van der Waals surface area contributed by atoms with Crippen molar-refractivity contribution in [3.8, 4) is 0 Å². The Morgan fingerprint density at radius 3 is 1.31 bits per heavy atom. The normalized spacial score (nSPS) is 20.2. The lowest BCUT2D eigenvalue weighted by Gasteiger charge is -2.36. The van der Waals surface area contributed by atoms with Crippen LogP contribution in [0.5, 0.6) is 0 Å². The van der Waals surface area contributed by atoms with Gasteiger partial charge in [-0.3, -0.25) is 4.79 Å². The minimum atomic E-state index is -1.23. The highest BCUT2D eigenvalue weighted by Gasteiger charge is 2.40. The fourth-order valence-corrected chi connectivity index (χ4v) is 6.30. The first-order valence-corrected chi connectivity index (χ1v) is 12.7. The van der Waals surface area contributed by atoms with Gasteiger partial charge in [0.25, 0.3) is 0 Å². The van der Waals surface area contributed by atoms with Gasteiger partial charge in [-0.15, -0.1) is 0 Å². The van der Waals surface area contributed by atoms with E-state index in [0.29, 0.717) is 36.8 Å². The molecule has 0 aromatic heterocycles. The van der Waals surface area contributed by atoms with Gasteiger partial charge < -0.3 is 10.2 Å². The zero-order valence-electron chi connectivity index (χ0n) is 17.7. The maximum absolute atomic E-state index is 14.0. The van der Waals surface area contributed by atoms with Gasteiger partial charge in [0.1, 0.15) is 0 Å². The Morgan fingerprint density at radius 1 is 0.625 bits per heavy atom. The van der Waals surface area contributed by atoms with E-state index in [2.05, 4.69) is 0 Å². The summed E-state index contributed by atoms with van der Waals surface area (Å²) in [4.78, 5) is 14.0. The van der Waals surface area contributed by atoms with Crippen LogP contribution in [0, 0.1) is 0 Å². The lowest BCUT2D eigenvalue weighted by atomic mass is 9.74. The van der Waals surface area contributed by atoms with Crippen LogP contribution in [0.15, 0.2) is 24.3 Å². The molecule has 7 heteroatoms. The molecular formula is C25H26Cl4O3. The zero-order chi connectivity index (χ0) is 23.1. The van der Waals surface area contributed by atoms with Crippen molar-refractivity contribution in [3.63, 3.8) is 0 Å². The molecule has 0 spiro atoms. The molecule has 2 N–H and O–H groups in total. The van der Waals surface area contributed by atoms with Gasteiger partial charge in [0.05, 0.1) is 31.3 Å². The Morgan fingerprint density at radius 2 is 0.969 bits per heavy atom. The van der Waals surface area contributed by atoms with Crippen molar-refractivity contribution >= 4 is 52.2 Å². The number of aliphatic hydroxyl groups is 2. The van der Waals surface area contributed by atoms with Crippen molar-refractivity contribution in [1.29, 1.82) is 0 Å². The Labute approximate surface area is 208 Å². The quantitative estimate of drug-likeness (QED) is 0.407. The van der Waals surface area contributed by atoms with Crippen molar-refractivity contribution in [2.75, 3.05) is 0 Å². The number of carbonyl (C=O) groups excluding carboxylic acids is 1. The van der Waals surface area contributed by atoms with Crippen LogP contribution < -0.4 is 0 Å². The summed E-state index contributed by atoms with van der Waals surface area (Å²) in [6.07, 6.45) is 7.42. The third-order valence-corrected chi connectivity index (χ3v) is 8.58. The smallest absolute Gasteiger partial charge is 0.193 e. The van der Waals surface area contributed by atoms with E-state index in [-0.39, 0.29) is 37.0 Å². The molecular weight excluding hydrogens is 490 g/mol. The largest absolute Gasteiger partial charge is 0.385 e. The van der Waals surface area contributed by atoms with E-state index in [0.717, 1.165) is 38.5 Å². The number of hydrogen-bond donors (Lipinski definition) is 2. The minimum absolute atomic E-state index is 0.194. The molecule has 4 rings (SSSR count). The van der Waals surface area contributed by atoms with Crippen LogP contribution >= 0.6 is 46.4 Å². The second kappa shape index (κ2) is 9.44. The van der Waals surface area contributed by atoms with E-state index in [1.807, 2.05) is 0 Å². The first kappa shape index (κ1) is 24.3. The molecule has 0 atom stereocenters. The summed E-state index contributed by atoms with van der Waals surface area (Å²) < 4.78 is 0. The maximum atomic E-state index is 14.0. The van der Waals surface area contributed by atoms with Crippen molar-refractivity contribution in [2.24, 2.45) is 0 Å². The topological polar surface area (TPSA) is 57.5 Å². The molecule has 2 aromatic rings. The molecule has 0 radical (unpaired) electrons. The van der Waals surface area contributed by atoms with Crippen LogP contribution in [0.25, 0.3) is 0 Å². The fourth-order valence-electron chi connectivity index (χ4n) is 5.31. The molecule has 0 heterocycles. The second-order valence-electron chi connectivity index (χ2n) is 9.08. The molecule has 0 aliphatic heterocycles. The third kappa shape index (κ3) is 4.33. The number of halogens is 4. The summed E-state index contributed by atoms with van der Waals surface area (Å²) >= 11 is 25.8. The highest BCUT2D eigenvalue weighted by atomic mass is 35.5. The lowest BCUT2D eigenvalue weighted by molar-refractivity contribution is -0.00176. The number of benzene rings is 2. The Kier molecular flexibility index (Phi) is 7.18. The van der Waals surface area contributed by atoms with E-state index < -0.39 is 11.2 Å². The van der Waals surface area contributed by atoms with Crippen molar-refractivity contribution < 1.29 is 15.0 Å². The van der Waals surface area contributed by atoms with E-state index in [1.165, 1.54) is 0 Å². The molecule has 2 saturated carbocycles. The summed E-state index contributed by atoms with van der Waals surface area (Å²) in [6, 6.07) is 6.35. The van der Waals surface area contributed by atoms with E-state index in [9.17, 15) is 15.0 Å². The molecule has 3 nitrogen and oxygen atoms in total. The Balaban J connectivity index is 1.90. The van der Waals surface area contributed by atoms with Gasteiger partial charge in [0, 0.05) is 22.3 Å². The van der Waals surface area contributed by atoms with E-state index in [1.54, 1.807) is 24.3 Å². The molecule has 2 aliphatic carbocycles. The van der Waals surface area contributed by atoms with Gasteiger partial charge in [-0.2, -0.15) is 0 Å². The van der Waals surface area contributed by atoms with Gasteiger partial charge in [0.15, 0.2) is 5.78 Å². The lowest BCUT2D eigenvalue weighted by Crippen LogP contribution is -2.33. The minimum Gasteiger partial charge on any atom is -0.385 e. The SMILES string of the molecule is O=C(c1ccc(Cl)c(Cl)c1C1(O)CCCCC1)c1ccc(Cl)c(Cl)c1C1(O)CCCCC1. The van der Waals surface area contributed by atoms with Crippen LogP contribution in [0.4, 0.5) is 0 Å². The first-order chi connectivity index (χ1) is 15.2. The summed E-state index contributed by atoms with van der Waals surface area (Å²) in [5.41, 5.74) is -1.18. The Bertz CT molecular complexity index is 956. The predicted octanol–water partition coefficient (Wildman–Crippen LogP) is 7.83. The van der Waals surface area contributed by atoms with Crippen molar-refractivity contribution in [2.45, 2.75) is 75.4 Å². The number of rotatable bonds is 4. The highest BCUT2D eigenvalue weighted by molar-refractivity contribution is 6.44. The predicted molar refractivity (Wildman–Crippen MR) is 130 cm³/mol. The average molecular weight is 516 g/mol. The number of carbonyl (C=O) groups is 1. The van der Waals surface area contributed by atoms with Gasteiger partial charge in [-0.05, 0) is 49.9 Å². The van der Waals surface area contributed by atoms with Crippen LogP contribution in [-0.4, -0.2) is 16.0 Å². The van der Waals surface area contributed by atoms with E-state index >= 15 is 0 Å². The van der Waals surface area contributed by atoms with Gasteiger partial charge in [-0.25, -0.2) is 0 Å². The van der Waals surface area contributed by atoms with Gasteiger partial charge >= 0.3 is 0 Å². The van der Waals surface area contributed by atoms with Gasteiger partial charge in [-0.1, -0.05) is 84.9 Å². The molecule has 0 amide bonds. The van der Waals surface area contributed by atoms with Crippen molar-refractivity contribution in [3.05, 3.63) is 66.6 Å². The van der Waals surface area contributed by atoms with Crippen molar-refractivity contribution in [1.82, 2.24) is 0 Å². The summed E-state index contributed by atoms with van der Waals surface area (Å²) in [6.45, 7) is 0. The molecule has 2 aliphatic rings. The summed E-state index contributed by atoms with van der Waals surface area (Å²) in [5, 5.41) is 24.0. The molecule has 172 valence electrons. The zero-order valence-corrected chi connectivity index (χ0v) is 20.7. The molecule has 32 heavy (non-hydrogen) atoms.